The molecule has 7 nitrogen and oxygen atoms in total. The van der Waals surface area contributed by atoms with E-state index in [1.54, 1.807) is 6.20 Å². The van der Waals surface area contributed by atoms with Crippen molar-refractivity contribution in [2.75, 3.05) is 26.3 Å². The summed E-state index contributed by atoms with van der Waals surface area (Å²) < 4.78 is 14.4. The van der Waals surface area contributed by atoms with Crippen molar-refractivity contribution < 1.29 is 9.47 Å². The number of fused-ring (bicyclic) bond motifs is 1. The van der Waals surface area contributed by atoms with Crippen molar-refractivity contribution in [3.8, 4) is 11.6 Å². The molecule has 0 N–H and O–H groups in total. The van der Waals surface area contributed by atoms with Crippen LogP contribution in [0.1, 0.15) is 18.4 Å². The second kappa shape index (κ2) is 7.77. The van der Waals surface area contributed by atoms with E-state index < -0.39 is 0 Å². The SMILES string of the molecule is Brc1c(Oc2ncccc2CN2CCOCC2)ccc2c1nnn2CC1CC1. The van der Waals surface area contributed by atoms with Gasteiger partial charge in [0.2, 0.25) is 5.88 Å². The van der Waals surface area contributed by atoms with Gasteiger partial charge in [-0.1, -0.05) is 11.3 Å². The quantitative estimate of drug-likeness (QED) is 0.579. The first-order valence-electron chi connectivity index (χ1n) is 9.71. The van der Waals surface area contributed by atoms with Crippen molar-refractivity contribution in [3.63, 3.8) is 0 Å². The van der Waals surface area contributed by atoms with Crippen LogP contribution >= 0.6 is 15.9 Å². The molecule has 1 aliphatic carbocycles. The Bertz CT molecular complexity index is 982. The molecule has 0 bridgehead atoms. The van der Waals surface area contributed by atoms with Gasteiger partial charge in [0.15, 0.2) is 0 Å². The van der Waals surface area contributed by atoms with Gasteiger partial charge in [-0.25, -0.2) is 9.67 Å². The molecule has 28 heavy (non-hydrogen) atoms. The van der Waals surface area contributed by atoms with Gasteiger partial charge < -0.3 is 9.47 Å². The highest BCUT2D eigenvalue weighted by Gasteiger charge is 2.24. The summed E-state index contributed by atoms with van der Waals surface area (Å²) in [5, 5.41) is 8.69. The topological polar surface area (TPSA) is 65.3 Å². The predicted molar refractivity (Wildman–Crippen MR) is 108 cm³/mol. The summed E-state index contributed by atoms with van der Waals surface area (Å²) in [5.41, 5.74) is 2.92. The molecule has 3 heterocycles. The van der Waals surface area contributed by atoms with E-state index in [0.717, 1.165) is 66.4 Å². The Morgan fingerprint density at radius 1 is 1.18 bits per heavy atom. The molecule has 1 aromatic carbocycles. The number of halogens is 1. The molecule has 1 saturated carbocycles. The maximum atomic E-state index is 6.20. The molecule has 5 rings (SSSR count). The Labute approximate surface area is 171 Å². The number of hydrogen-bond acceptors (Lipinski definition) is 6. The van der Waals surface area contributed by atoms with Crippen LogP contribution in [0.15, 0.2) is 34.9 Å². The summed E-state index contributed by atoms with van der Waals surface area (Å²) in [4.78, 5) is 6.83. The predicted octanol–water partition coefficient (Wildman–Crippen LogP) is 3.62. The van der Waals surface area contributed by atoms with Crippen molar-refractivity contribution in [2.45, 2.75) is 25.9 Å². The molecule has 0 unspecified atom stereocenters. The standard InChI is InChI=1S/C20H22BrN5O2/c21-18-17(6-5-16-19(18)23-24-26(16)12-14-3-4-14)28-20-15(2-1-7-22-20)13-25-8-10-27-11-9-25/h1-2,5-7,14H,3-4,8-13H2. The molecule has 8 heteroatoms. The monoisotopic (exact) mass is 443 g/mol. The minimum absolute atomic E-state index is 0.624. The van der Waals surface area contributed by atoms with E-state index in [1.165, 1.54) is 12.8 Å². The highest BCUT2D eigenvalue weighted by molar-refractivity contribution is 9.10. The lowest BCUT2D eigenvalue weighted by Crippen LogP contribution is -2.35. The molecule has 3 aromatic rings. The van der Waals surface area contributed by atoms with Crippen LogP contribution in [0.2, 0.25) is 0 Å². The second-order valence-corrected chi connectivity index (χ2v) is 8.21. The molecule has 2 aromatic heterocycles. The first-order chi connectivity index (χ1) is 13.8. The largest absolute Gasteiger partial charge is 0.437 e. The molecule has 0 spiro atoms. The lowest BCUT2D eigenvalue weighted by atomic mass is 10.2. The molecule has 1 saturated heterocycles. The summed E-state index contributed by atoms with van der Waals surface area (Å²) >= 11 is 3.66. The van der Waals surface area contributed by atoms with Crippen LogP contribution in [0.3, 0.4) is 0 Å². The van der Waals surface area contributed by atoms with Gasteiger partial charge >= 0.3 is 0 Å². The third-order valence-corrected chi connectivity index (χ3v) is 6.04. The molecular formula is C20H22BrN5O2. The van der Waals surface area contributed by atoms with Crippen LogP contribution in [0.25, 0.3) is 11.0 Å². The zero-order chi connectivity index (χ0) is 18.9. The summed E-state index contributed by atoms with van der Waals surface area (Å²) in [6, 6.07) is 8.01. The number of hydrogen-bond donors (Lipinski definition) is 0. The summed E-state index contributed by atoms with van der Waals surface area (Å²) in [7, 11) is 0. The van der Waals surface area contributed by atoms with E-state index in [2.05, 4.69) is 42.2 Å². The Morgan fingerprint density at radius 2 is 2.04 bits per heavy atom. The lowest BCUT2D eigenvalue weighted by Gasteiger charge is -2.27. The molecule has 0 atom stereocenters. The number of morpholine rings is 1. The van der Waals surface area contributed by atoms with E-state index in [-0.39, 0.29) is 0 Å². The van der Waals surface area contributed by atoms with Crippen LogP contribution in [-0.4, -0.2) is 51.2 Å². The van der Waals surface area contributed by atoms with E-state index in [4.69, 9.17) is 9.47 Å². The van der Waals surface area contributed by atoms with Gasteiger partial charge in [0.25, 0.3) is 0 Å². The minimum atomic E-state index is 0.624. The van der Waals surface area contributed by atoms with Crippen LogP contribution in [-0.2, 0) is 17.8 Å². The van der Waals surface area contributed by atoms with Gasteiger partial charge in [-0.2, -0.15) is 0 Å². The summed E-state index contributed by atoms with van der Waals surface area (Å²) in [5.74, 6) is 2.07. The van der Waals surface area contributed by atoms with Crippen molar-refractivity contribution in [1.82, 2.24) is 24.9 Å². The minimum Gasteiger partial charge on any atom is -0.437 e. The van der Waals surface area contributed by atoms with Crippen LogP contribution in [0, 0.1) is 5.92 Å². The van der Waals surface area contributed by atoms with Gasteiger partial charge in [0.1, 0.15) is 11.3 Å². The van der Waals surface area contributed by atoms with Crippen molar-refractivity contribution in [3.05, 3.63) is 40.5 Å². The lowest BCUT2D eigenvalue weighted by molar-refractivity contribution is 0.0338. The Hall–Kier alpha value is -2.03. The molecule has 146 valence electrons. The van der Waals surface area contributed by atoms with Crippen molar-refractivity contribution in [1.29, 1.82) is 0 Å². The molecule has 0 amide bonds. The number of pyridine rings is 1. The van der Waals surface area contributed by atoms with Gasteiger partial charge in [-0.05, 0) is 52.9 Å². The number of aromatic nitrogens is 4. The van der Waals surface area contributed by atoms with Gasteiger partial charge in [-0.15, -0.1) is 5.10 Å². The van der Waals surface area contributed by atoms with E-state index in [1.807, 2.05) is 22.9 Å². The van der Waals surface area contributed by atoms with E-state index in [9.17, 15) is 0 Å². The summed E-state index contributed by atoms with van der Waals surface area (Å²) in [6.07, 6.45) is 4.33. The second-order valence-electron chi connectivity index (χ2n) is 7.42. The van der Waals surface area contributed by atoms with Gasteiger partial charge in [0, 0.05) is 37.9 Å². The zero-order valence-corrected chi connectivity index (χ0v) is 17.1. The molecule has 2 aliphatic rings. The Kier molecular flexibility index (Phi) is 5.00. The van der Waals surface area contributed by atoms with Crippen LogP contribution in [0.5, 0.6) is 11.6 Å². The van der Waals surface area contributed by atoms with E-state index in [0.29, 0.717) is 11.6 Å². The average Bonchev–Trinajstić information content (AvgIpc) is 3.44. The van der Waals surface area contributed by atoms with E-state index >= 15 is 0 Å². The fourth-order valence-corrected chi connectivity index (χ4v) is 3.98. The Balaban J connectivity index is 1.39. The smallest absolute Gasteiger partial charge is 0.223 e. The van der Waals surface area contributed by atoms with Crippen LogP contribution in [0.4, 0.5) is 0 Å². The first kappa shape index (κ1) is 18.0. The van der Waals surface area contributed by atoms with Crippen molar-refractivity contribution >= 4 is 27.0 Å². The number of rotatable bonds is 6. The third-order valence-electron chi connectivity index (χ3n) is 5.27. The normalized spacial score (nSPS) is 17.9. The van der Waals surface area contributed by atoms with Gasteiger partial charge in [0.05, 0.1) is 23.2 Å². The highest BCUT2D eigenvalue weighted by Crippen LogP contribution is 2.37. The average molecular weight is 444 g/mol. The van der Waals surface area contributed by atoms with Crippen LogP contribution < -0.4 is 4.74 Å². The van der Waals surface area contributed by atoms with Gasteiger partial charge in [-0.3, -0.25) is 4.90 Å². The maximum absolute atomic E-state index is 6.20. The fraction of sp³-hybridized carbons (Fsp3) is 0.450. The number of ether oxygens (including phenoxy) is 2. The molecule has 1 aliphatic heterocycles. The summed E-state index contributed by atoms with van der Waals surface area (Å²) in [6.45, 7) is 5.13. The third kappa shape index (κ3) is 3.76. The fourth-order valence-electron chi connectivity index (χ4n) is 3.49. The first-order valence-corrected chi connectivity index (χ1v) is 10.5. The highest BCUT2D eigenvalue weighted by atomic mass is 79.9. The maximum Gasteiger partial charge on any atom is 0.223 e. The Morgan fingerprint density at radius 3 is 2.86 bits per heavy atom. The number of nitrogens with zero attached hydrogens (tertiary/aromatic N) is 5. The molecular weight excluding hydrogens is 422 g/mol. The molecule has 2 fully saturated rings. The zero-order valence-electron chi connectivity index (χ0n) is 15.6. The molecule has 0 radical (unpaired) electrons. The van der Waals surface area contributed by atoms with Crippen molar-refractivity contribution in [2.24, 2.45) is 5.92 Å². The number of benzene rings is 1.